The second kappa shape index (κ2) is 7.60. The minimum atomic E-state index is -4.64. The first kappa shape index (κ1) is 21.2. The molecule has 4 rings (SSSR count). The maximum absolute atomic E-state index is 13.3. The fourth-order valence-corrected chi connectivity index (χ4v) is 4.85. The monoisotopic (exact) mass is 451 g/mol. The van der Waals surface area contributed by atoms with Crippen LogP contribution in [-0.2, 0) is 16.2 Å². The van der Waals surface area contributed by atoms with Crippen molar-refractivity contribution in [2.24, 2.45) is 0 Å². The Morgan fingerprint density at radius 2 is 1.87 bits per heavy atom. The molecule has 0 aliphatic carbocycles. The molecule has 0 bridgehead atoms. The van der Waals surface area contributed by atoms with Gasteiger partial charge in [0.2, 0.25) is 0 Å². The van der Waals surface area contributed by atoms with Gasteiger partial charge in [-0.2, -0.15) is 18.3 Å². The van der Waals surface area contributed by atoms with Crippen LogP contribution < -0.4 is 9.04 Å². The van der Waals surface area contributed by atoms with Gasteiger partial charge in [0.05, 0.1) is 28.9 Å². The second-order valence-corrected chi connectivity index (χ2v) is 9.30. The molecule has 0 unspecified atom stereocenters. The Morgan fingerprint density at radius 3 is 2.55 bits per heavy atom. The molecule has 1 aromatic heterocycles. The third-order valence-corrected chi connectivity index (χ3v) is 6.80. The quantitative estimate of drug-likeness (QED) is 0.575. The zero-order valence-electron chi connectivity index (χ0n) is 16.8. The number of hydrogen-bond donors (Lipinski definition) is 0. The highest BCUT2D eigenvalue weighted by atomic mass is 32.2. The lowest BCUT2D eigenvalue weighted by Crippen LogP contribution is -2.38. The molecule has 164 valence electrons. The molecule has 0 radical (unpaired) electrons. The van der Waals surface area contributed by atoms with Gasteiger partial charge in [-0.3, -0.25) is 8.99 Å². The number of sulfonamides is 1. The Labute approximate surface area is 177 Å². The molecule has 0 N–H and O–H groups in total. The van der Waals surface area contributed by atoms with Crippen LogP contribution in [0.1, 0.15) is 25.5 Å². The summed E-state index contributed by atoms with van der Waals surface area (Å²) in [6.07, 6.45) is -1.11. The Balaban J connectivity index is 1.76. The number of benzene rings is 2. The molecule has 0 spiro atoms. The van der Waals surface area contributed by atoms with Crippen molar-refractivity contribution < 1.29 is 26.3 Å². The van der Waals surface area contributed by atoms with Gasteiger partial charge in [0, 0.05) is 17.8 Å². The first-order valence-electron chi connectivity index (χ1n) is 9.59. The molecule has 0 atom stereocenters. The summed E-state index contributed by atoms with van der Waals surface area (Å²) < 4.78 is 74.3. The molecule has 2 heterocycles. The third-order valence-electron chi connectivity index (χ3n) is 4.99. The maximum Gasteiger partial charge on any atom is 0.416 e. The fourth-order valence-electron chi connectivity index (χ4n) is 3.35. The molecule has 1 aliphatic rings. The van der Waals surface area contributed by atoms with Crippen molar-refractivity contribution in [2.75, 3.05) is 17.5 Å². The van der Waals surface area contributed by atoms with Crippen molar-refractivity contribution in [2.45, 2.75) is 31.0 Å². The average molecular weight is 451 g/mol. The molecule has 0 saturated heterocycles. The maximum atomic E-state index is 13.3. The molecule has 0 amide bonds. The van der Waals surface area contributed by atoms with E-state index in [-0.39, 0.29) is 24.9 Å². The fraction of sp³-hybridized carbons (Fsp3) is 0.286. The van der Waals surface area contributed by atoms with Gasteiger partial charge in [0.15, 0.2) is 0 Å². The van der Waals surface area contributed by atoms with Crippen molar-refractivity contribution in [1.82, 2.24) is 9.78 Å². The normalized spacial score (nSPS) is 14.5. The van der Waals surface area contributed by atoms with Gasteiger partial charge in [-0.25, -0.2) is 8.42 Å². The van der Waals surface area contributed by atoms with Crippen molar-refractivity contribution in [3.8, 4) is 16.9 Å². The van der Waals surface area contributed by atoms with Gasteiger partial charge in [0.1, 0.15) is 12.4 Å². The molecule has 10 heteroatoms. The van der Waals surface area contributed by atoms with Crippen molar-refractivity contribution in [3.05, 3.63) is 60.4 Å². The van der Waals surface area contributed by atoms with Crippen LogP contribution in [0, 0.1) is 0 Å². The smallest absolute Gasteiger partial charge is 0.416 e. The molecular weight excluding hydrogens is 431 g/mol. The number of ether oxygens (including phenoxy) is 1. The minimum Gasteiger partial charge on any atom is -0.489 e. The van der Waals surface area contributed by atoms with E-state index in [1.807, 2.05) is 20.0 Å². The summed E-state index contributed by atoms with van der Waals surface area (Å²) in [7, 11) is -4.23. The number of fused-ring (bicyclic) bond motifs is 1. The highest BCUT2D eigenvalue weighted by Crippen LogP contribution is 2.39. The molecule has 0 fully saturated rings. The van der Waals surface area contributed by atoms with E-state index in [1.165, 1.54) is 0 Å². The van der Waals surface area contributed by atoms with E-state index in [9.17, 15) is 21.6 Å². The number of nitrogens with zero attached hydrogens (tertiary/aromatic N) is 3. The van der Waals surface area contributed by atoms with E-state index in [2.05, 4.69) is 5.10 Å². The van der Waals surface area contributed by atoms with E-state index >= 15 is 0 Å². The number of alkyl halides is 3. The van der Waals surface area contributed by atoms with Gasteiger partial charge in [-0.05, 0) is 49.7 Å². The number of rotatable bonds is 4. The van der Waals surface area contributed by atoms with Crippen LogP contribution in [-0.4, -0.2) is 31.3 Å². The molecule has 2 aromatic carbocycles. The van der Waals surface area contributed by atoms with Crippen LogP contribution in [0.15, 0.2) is 59.8 Å². The minimum absolute atomic E-state index is 0.0136. The van der Waals surface area contributed by atoms with Gasteiger partial charge in [-0.15, -0.1) is 0 Å². The van der Waals surface area contributed by atoms with E-state index in [1.54, 1.807) is 29.1 Å². The number of anilines is 1. The lowest BCUT2D eigenvalue weighted by molar-refractivity contribution is -0.137. The zero-order chi connectivity index (χ0) is 22.4. The highest BCUT2D eigenvalue weighted by Gasteiger charge is 2.34. The molecule has 31 heavy (non-hydrogen) atoms. The Hall–Kier alpha value is -3.01. The number of hydrogen-bond acceptors (Lipinski definition) is 4. The first-order valence-corrected chi connectivity index (χ1v) is 11.0. The molecular formula is C21H20F3N3O3S. The van der Waals surface area contributed by atoms with Crippen LogP contribution in [0.2, 0.25) is 0 Å². The van der Waals surface area contributed by atoms with Crippen LogP contribution >= 0.6 is 0 Å². The van der Waals surface area contributed by atoms with Gasteiger partial charge >= 0.3 is 6.18 Å². The Morgan fingerprint density at radius 1 is 1.10 bits per heavy atom. The zero-order valence-corrected chi connectivity index (χ0v) is 17.6. The SMILES string of the molecule is CC(C)n1cc(-c2ccc3c(c2)N(S(=O)(=O)c2cccc(C(F)(F)F)c2)CCO3)cn1. The average Bonchev–Trinajstić information content (AvgIpc) is 3.23. The largest absolute Gasteiger partial charge is 0.489 e. The van der Waals surface area contributed by atoms with Crippen LogP contribution in [0.4, 0.5) is 18.9 Å². The van der Waals surface area contributed by atoms with Crippen LogP contribution in [0.25, 0.3) is 11.1 Å². The summed E-state index contributed by atoms with van der Waals surface area (Å²) in [4.78, 5) is -0.423. The summed E-state index contributed by atoms with van der Waals surface area (Å²) in [5.74, 6) is 0.349. The lowest BCUT2D eigenvalue weighted by Gasteiger charge is -2.31. The van der Waals surface area contributed by atoms with E-state index < -0.39 is 26.7 Å². The molecule has 1 aliphatic heterocycles. The summed E-state index contributed by atoms with van der Waals surface area (Å²) in [5.41, 5.74) is 0.772. The first-order chi connectivity index (χ1) is 14.6. The summed E-state index contributed by atoms with van der Waals surface area (Å²) in [6, 6.07) is 9.02. The van der Waals surface area contributed by atoms with Gasteiger partial charge < -0.3 is 4.74 Å². The van der Waals surface area contributed by atoms with Crippen molar-refractivity contribution in [3.63, 3.8) is 0 Å². The number of halogens is 3. The third kappa shape index (κ3) is 3.99. The Bertz CT molecular complexity index is 1220. The van der Waals surface area contributed by atoms with Crippen molar-refractivity contribution in [1.29, 1.82) is 0 Å². The molecule has 0 saturated carbocycles. The number of aromatic nitrogens is 2. The highest BCUT2D eigenvalue weighted by molar-refractivity contribution is 7.92. The predicted molar refractivity (Wildman–Crippen MR) is 110 cm³/mol. The van der Waals surface area contributed by atoms with E-state index in [4.69, 9.17) is 4.74 Å². The van der Waals surface area contributed by atoms with Gasteiger partial charge in [-0.1, -0.05) is 12.1 Å². The van der Waals surface area contributed by atoms with E-state index in [0.29, 0.717) is 11.8 Å². The lowest BCUT2D eigenvalue weighted by atomic mass is 10.1. The Kier molecular flexibility index (Phi) is 5.20. The van der Waals surface area contributed by atoms with Gasteiger partial charge in [0.25, 0.3) is 10.0 Å². The predicted octanol–water partition coefficient (Wildman–Crippen LogP) is 4.74. The van der Waals surface area contributed by atoms with Crippen LogP contribution in [0.5, 0.6) is 5.75 Å². The van der Waals surface area contributed by atoms with Crippen LogP contribution in [0.3, 0.4) is 0 Å². The standard InChI is InChI=1S/C21H20F3N3O3S/c1-14(2)26-13-16(12-25-26)15-6-7-20-19(10-15)27(8-9-30-20)31(28,29)18-5-3-4-17(11-18)21(22,23)24/h3-7,10-14H,8-9H2,1-2H3. The second-order valence-electron chi connectivity index (χ2n) is 7.44. The van der Waals surface area contributed by atoms with E-state index in [0.717, 1.165) is 33.6 Å². The molecule has 3 aromatic rings. The summed E-state index contributed by atoms with van der Waals surface area (Å²) >= 11 is 0. The summed E-state index contributed by atoms with van der Waals surface area (Å²) in [6.45, 7) is 4.05. The topological polar surface area (TPSA) is 64.4 Å². The van der Waals surface area contributed by atoms with Crippen molar-refractivity contribution >= 4 is 15.7 Å². The summed E-state index contributed by atoms with van der Waals surface area (Å²) in [5, 5.41) is 4.30. The molecule has 6 nitrogen and oxygen atoms in total.